The average Bonchev–Trinajstić information content (AvgIpc) is 2.85. The normalized spacial score (nSPS) is 27.1. The van der Waals surface area contributed by atoms with Gasteiger partial charge in [0.05, 0.1) is 12.6 Å². The van der Waals surface area contributed by atoms with Crippen molar-refractivity contribution in [1.29, 1.82) is 0 Å². The van der Waals surface area contributed by atoms with Crippen LogP contribution in [0.2, 0.25) is 0 Å². The smallest absolute Gasteiger partial charge is 0.0742 e. The fourth-order valence-electron chi connectivity index (χ4n) is 2.44. The van der Waals surface area contributed by atoms with Crippen molar-refractivity contribution in [3.63, 3.8) is 0 Å². The van der Waals surface area contributed by atoms with Crippen LogP contribution in [0.25, 0.3) is 0 Å². The molecule has 0 radical (unpaired) electrons. The van der Waals surface area contributed by atoms with Crippen molar-refractivity contribution in [3.05, 3.63) is 35.9 Å². The zero-order valence-corrected chi connectivity index (χ0v) is 11.2. The number of hydrogen-bond acceptors (Lipinski definition) is 3. The van der Waals surface area contributed by atoms with E-state index in [4.69, 9.17) is 4.84 Å². The average molecular weight is 277 g/mol. The number of benzene rings is 1. The Morgan fingerprint density at radius 2 is 1.94 bits per heavy atom. The minimum absolute atomic E-state index is 0. The number of hydrogen-bond donors (Lipinski definition) is 1. The largest absolute Gasteiger partial charge is 0.315 e. The summed E-state index contributed by atoms with van der Waals surface area (Å²) in [6.45, 7) is 3.96. The molecule has 2 unspecified atom stereocenters. The summed E-state index contributed by atoms with van der Waals surface area (Å²) in [5.74, 6) is 0.689. The van der Waals surface area contributed by atoms with Gasteiger partial charge >= 0.3 is 0 Å². The molecule has 2 fully saturated rings. The Balaban J connectivity index is 0.000000722. The molecule has 96 valence electrons. The lowest BCUT2D eigenvalue weighted by Crippen LogP contribution is -2.32. The van der Waals surface area contributed by atoms with Crippen molar-refractivity contribution in [2.24, 2.45) is 5.92 Å². The molecular weight excluding hydrogens is 259 g/mol. The molecule has 1 aromatic rings. The zero-order valence-electron chi connectivity index (χ0n) is 9.54. The second-order valence-corrected chi connectivity index (χ2v) is 4.34. The lowest BCUT2D eigenvalue weighted by Gasteiger charge is -2.20. The second-order valence-electron chi connectivity index (χ2n) is 4.34. The van der Waals surface area contributed by atoms with Crippen LogP contribution in [0.4, 0.5) is 0 Å². The van der Waals surface area contributed by atoms with E-state index in [9.17, 15) is 0 Å². The number of hydroxylamine groups is 2. The predicted molar refractivity (Wildman–Crippen MR) is 72.6 cm³/mol. The van der Waals surface area contributed by atoms with Gasteiger partial charge in [-0.25, -0.2) is 0 Å². The topological polar surface area (TPSA) is 24.5 Å². The summed E-state index contributed by atoms with van der Waals surface area (Å²) in [5, 5.41) is 5.56. The fraction of sp³-hybridized carbons (Fsp3) is 0.500. The minimum Gasteiger partial charge on any atom is -0.315 e. The van der Waals surface area contributed by atoms with Crippen molar-refractivity contribution < 1.29 is 4.84 Å². The third-order valence-corrected chi connectivity index (χ3v) is 3.31. The molecule has 0 bridgehead atoms. The monoisotopic (exact) mass is 276 g/mol. The highest BCUT2D eigenvalue weighted by molar-refractivity contribution is 5.85. The molecule has 1 aromatic carbocycles. The van der Waals surface area contributed by atoms with E-state index in [2.05, 4.69) is 34.6 Å². The van der Waals surface area contributed by atoms with E-state index in [1.54, 1.807) is 0 Å². The number of fused-ring (bicyclic) bond motifs is 1. The van der Waals surface area contributed by atoms with Crippen molar-refractivity contribution in [2.45, 2.75) is 12.6 Å². The molecule has 0 aliphatic carbocycles. The Hall–Kier alpha value is -0.320. The number of nitrogens with zero attached hydrogens (tertiary/aromatic N) is 1. The number of rotatable bonds is 2. The van der Waals surface area contributed by atoms with E-state index >= 15 is 0 Å². The maximum atomic E-state index is 5.72. The SMILES string of the molecule is Cl.Cl.c1ccc(CN2OCC3CNCC32)cc1. The standard InChI is InChI=1S/C12H16N2O.2ClH/c1-2-4-10(5-3-1)8-14-12-7-13-6-11(12)9-15-14;;/h1-5,11-13H,6-9H2;2*1H. The summed E-state index contributed by atoms with van der Waals surface area (Å²) < 4.78 is 0. The van der Waals surface area contributed by atoms with E-state index in [0.717, 1.165) is 26.2 Å². The number of nitrogens with one attached hydrogen (secondary N) is 1. The lowest BCUT2D eigenvalue weighted by atomic mass is 10.1. The molecular formula is C12H18Cl2N2O. The summed E-state index contributed by atoms with van der Waals surface area (Å²) in [6, 6.07) is 11.1. The van der Waals surface area contributed by atoms with Gasteiger partial charge in [-0.15, -0.1) is 24.8 Å². The van der Waals surface area contributed by atoms with E-state index in [1.165, 1.54) is 5.56 Å². The first-order valence-corrected chi connectivity index (χ1v) is 5.58. The molecule has 0 aromatic heterocycles. The molecule has 2 atom stereocenters. The zero-order chi connectivity index (χ0) is 10.1. The Kier molecular flexibility index (Phi) is 5.70. The van der Waals surface area contributed by atoms with Crippen LogP contribution in [0, 0.1) is 5.92 Å². The van der Waals surface area contributed by atoms with Gasteiger partial charge in [0.15, 0.2) is 0 Å². The summed E-state index contributed by atoms with van der Waals surface area (Å²) in [6.07, 6.45) is 0. The van der Waals surface area contributed by atoms with Gasteiger partial charge in [-0.2, -0.15) is 5.06 Å². The van der Waals surface area contributed by atoms with Crippen LogP contribution in [0.5, 0.6) is 0 Å². The summed E-state index contributed by atoms with van der Waals surface area (Å²) in [7, 11) is 0. The Labute approximate surface area is 114 Å². The molecule has 3 rings (SSSR count). The van der Waals surface area contributed by atoms with Crippen LogP contribution in [0.1, 0.15) is 5.56 Å². The quantitative estimate of drug-likeness (QED) is 0.893. The van der Waals surface area contributed by atoms with Crippen LogP contribution >= 0.6 is 24.8 Å². The van der Waals surface area contributed by atoms with Crippen LogP contribution < -0.4 is 5.32 Å². The van der Waals surface area contributed by atoms with Crippen molar-refractivity contribution in [2.75, 3.05) is 19.7 Å². The maximum absolute atomic E-state index is 5.72. The molecule has 1 N–H and O–H groups in total. The lowest BCUT2D eigenvalue weighted by molar-refractivity contribution is -0.138. The fourth-order valence-corrected chi connectivity index (χ4v) is 2.44. The molecule has 3 nitrogen and oxygen atoms in total. The first kappa shape index (κ1) is 14.7. The molecule has 0 spiro atoms. The van der Waals surface area contributed by atoms with E-state index in [0.29, 0.717) is 12.0 Å². The summed E-state index contributed by atoms with van der Waals surface area (Å²) >= 11 is 0. The van der Waals surface area contributed by atoms with Gasteiger partial charge in [0.1, 0.15) is 0 Å². The first-order valence-electron chi connectivity index (χ1n) is 5.58. The van der Waals surface area contributed by atoms with Gasteiger partial charge in [-0.3, -0.25) is 4.84 Å². The van der Waals surface area contributed by atoms with Crippen molar-refractivity contribution in [1.82, 2.24) is 10.4 Å². The third-order valence-electron chi connectivity index (χ3n) is 3.31. The molecule has 0 amide bonds. The molecule has 2 heterocycles. The molecule has 17 heavy (non-hydrogen) atoms. The minimum atomic E-state index is 0. The first-order chi connectivity index (χ1) is 7.43. The van der Waals surface area contributed by atoms with Gasteiger partial charge in [-0.1, -0.05) is 30.3 Å². The van der Waals surface area contributed by atoms with Crippen molar-refractivity contribution in [3.8, 4) is 0 Å². The highest BCUT2D eigenvalue weighted by atomic mass is 35.5. The van der Waals surface area contributed by atoms with Crippen LogP contribution in [0.15, 0.2) is 30.3 Å². The Bertz CT molecular complexity index is 337. The summed E-state index contributed by atoms with van der Waals surface area (Å²) in [4.78, 5) is 5.72. The van der Waals surface area contributed by atoms with Crippen molar-refractivity contribution >= 4 is 24.8 Å². The molecule has 2 aliphatic rings. The maximum Gasteiger partial charge on any atom is 0.0742 e. The number of halogens is 2. The molecule has 0 saturated carbocycles. The van der Waals surface area contributed by atoms with Gasteiger partial charge in [0.25, 0.3) is 0 Å². The highest BCUT2D eigenvalue weighted by Gasteiger charge is 2.38. The van der Waals surface area contributed by atoms with E-state index < -0.39 is 0 Å². The van der Waals surface area contributed by atoms with E-state index in [1.807, 2.05) is 6.07 Å². The van der Waals surface area contributed by atoms with Gasteiger partial charge in [0, 0.05) is 25.6 Å². The molecule has 2 aliphatic heterocycles. The molecule has 2 saturated heterocycles. The molecule has 5 heteroatoms. The van der Waals surface area contributed by atoms with E-state index in [-0.39, 0.29) is 24.8 Å². The van der Waals surface area contributed by atoms with Gasteiger partial charge in [-0.05, 0) is 5.56 Å². The van der Waals surface area contributed by atoms with Crippen LogP contribution in [0.3, 0.4) is 0 Å². The van der Waals surface area contributed by atoms with Crippen LogP contribution in [-0.2, 0) is 11.4 Å². The Morgan fingerprint density at radius 3 is 2.71 bits per heavy atom. The van der Waals surface area contributed by atoms with Gasteiger partial charge < -0.3 is 5.32 Å². The Morgan fingerprint density at radius 1 is 1.18 bits per heavy atom. The third kappa shape index (κ3) is 3.12. The van der Waals surface area contributed by atoms with Gasteiger partial charge in [0.2, 0.25) is 0 Å². The summed E-state index contributed by atoms with van der Waals surface area (Å²) in [5.41, 5.74) is 1.32. The highest BCUT2D eigenvalue weighted by Crippen LogP contribution is 2.25. The predicted octanol–water partition coefficient (Wildman–Crippen LogP) is 1.87. The second kappa shape index (κ2) is 6.57. The van der Waals surface area contributed by atoms with Crippen LogP contribution in [-0.4, -0.2) is 30.8 Å².